The van der Waals surface area contributed by atoms with Gasteiger partial charge in [0.2, 0.25) is 0 Å². The van der Waals surface area contributed by atoms with Crippen LogP contribution in [0.5, 0.6) is 0 Å². The van der Waals surface area contributed by atoms with Crippen LogP contribution >= 0.6 is 11.3 Å². The van der Waals surface area contributed by atoms with E-state index in [4.69, 9.17) is 10.1 Å². The maximum absolute atomic E-state index is 10.0. The predicted octanol–water partition coefficient (Wildman–Crippen LogP) is 8.71. The Morgan fingerprint density at radius 2 is 1.63 bits per heavy atom. The molecule has 0 aliphatic rings. The molecular weight excluding hydrogens is 631 g/mol. The van der Waals surface area contributed by atoms with E-state index in [1.165, 1.54) is 46.9 Å². The molecule has 0 spiro atoms. The van der Waals surface area contributed by atoms with Crippen LogP contribution in [0, 0.1) is 6.07 Å². The molecule has 0 saturated heterocycles. The van der Waals surface area contributed by atoms with Gasteiger partial charge in [0.05, 0.1) is 5.76 Å². The molecule has 0 aliphatic heterocycles. The number of carbonyl (C=O) groups excluding carboxylic acids is 1. The van der Waals surface area contributed by atoms with E-state index in [-0.39, 0.29) is 31.6 Å². The number of hydrogen-bond acceptors (Lipinski definition) is 4. The molecule has 4 rings (SSSR count). The molecule has 1 radical (unpaired) electrons. The van der Waals surface area contributed by atoms with Gasteiger partial charge >= 0.3 is 0 Å². The minimum atomic E-state index is -0.125. The third-order valence-corrected chi connectivity index (χ3v) is 6.46. The summed E-state index contributed by atoms with van der Waals surface area (Å²) in [5.41, 5.74) is 6.27. The van der Waals surface area contributed by atoms with E-state index in [9.17, 15) is 4.79 Å². The summed E-state index contributed by atoms with van der Waals surface area (Å²) < 4.78 is 0. The first-order valence-electron chi connectivity index (χ1n) is 11.6. The van der Waals surface area contributed by atoms with E-state index in [1.807, 2.05) is 18.2 Å². The zero-order valence-corrected chi connectivity index (χ0v) is 24.3. The summed E-state index contributed by atoms with van der Waals surface area (Å²) in [5, 5.41) is 9.57. The molecule has 2 heterocycles. The van der Waals surface area contributed by atoms with Crippen molar-refractivity contribution in [3.05, 3.63) is 89.7 Å². The van der Waals surface area contributed by atoms with Gasteiger partial charge in [0.15, 0.2) is 5.78 Å². The summed E-state index contributed by atoms with van der Waals surface area (Å²) in [7, 11) is 0. The quantitative estimate of drug-likeness (QED) is 0.132. The van der Waals surface area contributed by atoms with Crippen molar-refractivity contribution in [3.63, 3.8) is 0 Å². The molecule has 1 N–H and O–H groups in total. The largest absolute Gasteiger partial charge is 0.512 e. The van der Waals surface area contributed by atoms with Crippen LogP contribution in [-0.2, 0) is 24.9 Å². The Morgan fingerprint density at radius 1 is 0.971 bits per heavy atom. The van der Waals surface area contributed by atoms with Crippen molar-refractivity contribution in [1.29, 1.82) is 0 Å². The molecule has 2 aromatic carbocycles. The standard InChI is InChI=1S/C25H24NS.C5H8O2.Ir/c1-16(2)20-11-8-12-21(17(3)4)24(20)23-15-19-13-14-22(26-25(19)27-23)18-9-6-5-7-10-18;1-4(6)3-5(2)7;/h5-9,11-17H,1-4H3;3,6H,1-2H3;/q-1;;/b;4-3-;. The topological polar surface area (TPSA) is 50.2 Å². The normalized spacial score (nSPS) is 11.3. The smallest absolute Gasteiger partial charge is 0.155 e. The van der Waals surface area contributed by atoms with Gasteiger partial charge < -0.3 is 5.11 Å². The number of carbonyl (C=O) groups is 1. The first kappa shape index (κ1) is 28.6. The Balaban J connectivity index is 0.000000476. The van der Waals surface area contributed by atoms with Crippen LogP contribution in [0.25, 0.3) is 31.9 Å². The van der Waals surface area contributed by atoms with Gasteiger partial charge in [-0.1, -0.05) is 58.0 Å². The van der Waals surface area contributed by atoms with Gasteiger partial charge in [-0.2, -0.15) is 0 Å². The number of fused-ring (bicyclic) bond motifs is 1. The number of aliphatic hydroxyl groups is 1. The third kappa shape index (κ3) is 7.44. The number of hydrogen-bond donors (Lipinski definition) is 1. The van der Waals surface area contributed by atoms with Gasteiger partial charge in [-0.05, 0) is 54.1 Å². The first-order valence-corrected chi connectivity index (χ1v) is 12.4. The zero-order chi connectivity index (χ0) is 24.8. The summed E-state index contributed by atoms with van der Waals surface area (Å²) in [5.74, 6) is 0.921. The molecule has 0 atom stereocenters. The molecule has 3 nitrogen and oxygen atoms in total. The Hall–Kier alpha value is -2.59. The minimum absolute atomic E-state index is 0. The van der Waals surface area contributed by atoms with E-state index in [0.717, 1.165) is 16.1 Å². The van der Waals surface area contributed by atoms with Crippen LogP contribution in [0.15, 0.2) is 72.5 Å². The number of aliphatic hydroxyl groups excluding tert-OH is 1. The predicted molar refractivity (Wildman–Crippen MR) is 145 cm³/mol. The van der Waals surface area contributed by atoms with Crippen molar-refractivity contribution in [2.45, 2.75) is 53.4 Å². The Labute approximate surface area is 226 Å². The van der Waals surface area contributed by atoms with Crippen LogP contribution in [0.3, 0.4) is 0 Å². The molecule has 5 heteroatoms. The molecule has 0 fully saturated rings. The van der Waals surface area contributed by atoms with Gasteiger partial charge in [-0.3, -0.25) is 9.78 Å². The summed E-state index contributed by atoms with van der Waals surface area (Å²) in [4.78, 5) is 17.4. The molecule has 0 amide bonds. The van der Waals surface area contributed by atoms with E-state index in [0.29, 0.717) is 11.8 Å². The molecule has 0 aliphatic carbocycles. The Kier molecular flexibility index (Phi) is 10.6. The molecule has 0 unspecified atom stereocenters. The van der Waals surface area contributed by atoms with E-state index < -0.39 is 0 Å². The number of rotatable bonds is 5. The number of benzene rings is 2. The summed E-state index contributed by atoms with van der Waals surface area (Å²) in [6.07, 6.45) is 1.17. The Morgan fingerprint density at radius 3 is 2.11 bits per heavy atom. The SMILES string of the molecule is CC(=O)/C=C(/C)O.CC(C)c1cccc(C(C)C)c1-c1cc2ccc(-c3[c-]cccc3)nc2s1.[Ir]. The number of ketones is 1. The third-order valence-electron chi connectivity index (χ3n) is 5.40. The molecule has 4 aromatic rings. The molecule has 0 bridgehead atoms. The summed E-state index contributed by atoms with van der Waals surface area (Å²) in [6.45, 7) is 12.0. The fraction of sp³-hybridized carbons (Fsp3) is 0.267. The van der Waals surface area contributed by atoms with Crippen LogP contribution in [0.1, 0.15) is 64.5 Å². The van der Waals surface area contributed by atoms with Crippen molar-refractivity contribution in [2.24, 2.45) is 0 Å². The second-order valence-electron chi connectivity index (χ2n) is 9.00. The molecule has 0 saturated carbocycles. The van der Waals surface area contributed by atoms with Gasteiger partial charge in [-0.15, -0.1) is 47.2 Å². The van der Waals surface area contributed by atoms with Gasteiger partial charge in [0, 0.05) is 36.4 Å². The Bertz CT molecular complexity index is 1280. The molecule has 185 valence electrons. The fourth-order valence-corrected chi connectivity index (χ4v) is 4.99. The van der Waals surface area contributed by atoms with E-state index in [2.05, 4.69) is 76.2 Å². The average Bonchev–Trinajstić information content (AvgIpc) is 3.21. The summed E-state index contributed by atoms with van der Waals surface area (Å²) >= 11 is 1.80. The van der Waals surface area contributed by atoms with E-state index >= 15 is 0 Å². The van der Waals surface area contributed by atoms with Gasteiger partial charge in [0.25, 0.3) is 0 Å². The monoisotopic (exact) mass is 663 g/mol. The number of nitrogens with zero attached hydrogens (tertiary/aromatic N) is 1. The first-order chi connectivity index (χ1) is 16.2. The number of aromatic nitrogens is 1. The molecule has 35 heavy (non-hydrogen) atoms. The van der Waals surface area contributed by atoms with Crippen LogP contribution in [-0.4, -0.2) is 15.9 Å². The van der Waals surface area contributed by atoms with Crippen LogP contribution in [0.4, 0.5) is 0 Å². The maximum atomic E-state index is 10.0. The number of thiophene rings is 1. The van der Waals surface area contributed by atoms with Crippen LogP contribution < -0.4 is 0 Å². The molecular formula is C30H32IrNO2S-. The number of pyridine rings is 1. The summed E-state index contributed by atoms with van der Waals surface area (Å²) in [6, 6.07) is 24.6. The average molecular weight is 663 g/mol. The number of allylic oxidation sites excluding steroid dienone is 2. The van der Waals surface area contributed by atoms with Crippen molar-refractivity contribution in [3.8, 4) is 21.7 Å². The second kappa shape index (κ2) is 12.9. The second-order valence-corrected chi connectivity index (χ2v) is 10.0. The zero-order valence-electron chi connectivity index (χ0n) is 21.0. The van der Waals surface area contributed by atoms with Crippen molar-refractivity contribution < 1.29 is 30.0 Å². The molecule has 2 aromatic heterocycles. The van der Waals surface area contributed by atoms with Crippen LogP contribution in [0.2, 0.25) is 0 Å². The van der Waals surface area contributed by atoms with Gasteiger partial charge in [-0.25, -0.2) is 0 Å². The van der Waals surface area contributed by atoms with Crippen molar-refractivity contribution in [1.82, 2.24) is 4.98 Å². The van der Waals surface area contributed by atoms with Gasteiger partial charge in [0.1, 0.15) is 4.83 Å². The fourth-order valence-electron chi connectivity index (χ4n) is 3.87. The van der Waals surface area contributed by atoms with Crippen molar-refractivity contribution in [2.75, 3.05) is 0 Å². The minimum Gasteiger partial charge on any atom is -0.512 e. The van der Waals surface area contributed by atoms with E-state index in [1.54, 1.807) is 11.3 Å². The maximum Gasteiger partial charge on any atom is 0.155 e. The van der Waals surface area contributed by atoms with Crippen molar-refractivity contribution >= 4 is 27.3 Å².